The second-order valence-electron chi connectivity index (χ2n) is 3.81. The number of H-pyrrole nitrogens is 1. The van der Waals surface area contributed by atoms with Crippen molar-refractivity contribution >= 4 is 17.0 Å². The molecular formula is C12H14N2O3. The first-order valence-electron chi connectivity index (χ1n) is 5.48. The highest BCUT2D eigenvalue weighted by molar-refractivity contribution is 5.77. The summed E-state index contributed by atoms with van der Waals surface area (Å²) < 4.78 is 5.28. The van der Waals surface area contributed by atoms with Crippen LogP contribution in [0.15, 0.2) is 18.2 Å². The second-order valence-corrected chi connectivity index (χ2v) is 3.81. The van der Waals surface area contributed by atoms with E-state index < -0.39 is 12.1 Å². The summed E-state index contributed by atoms with van der Waals surface area (Å²) in [5.74, 6) is 0.450. The number of rotatable bonds is 4. The van der Waals surface area contributed by atoms with Crippen molar-refractivity contribution in [2.75, 3.05) is 0 Å². The van der Waals surface area contributed by atoms with Gasteiger partial charge in [0, 0.05) is 12.5 Å². The van der Waals surface area contributed by atoms with Gasteiger partial charge in [-0.05, 0) is 19.1 Å². The molecule has 5 nitrogen and oxygen atoms in total. The zero-order valence-electron chi connectivity index (χ0n) is 9.73. The Kier molecular flexibility index (Phi) is 2.99. The molecule has 2 N–H and O–H groups in total. The summed E-state index contributed by atoms with van der Waals surface area (Å²) in [5.41, 5.74) is 1.72. The summed E-state index contributed by atoms with van der Waals surface area (Å²) in [6.07, 6.45) is -0.0304. The van der Waals surface area contributed by atoms with Crippen molar-refractivity contribution in [2.45, 2.75) is 26.4 Å². The van der Waals surface area contributed by atoms with E-state index in [1.807, 2.05) is 13.0 Å². The van der Waals surface area contributed by atoms with Crippen molar-refractivity contribution in [1.82, 2.24) is 9.97 Å². The minimum atomic E-state index is -0.982. The second kappa shape index (κ2) is 4.45. The highest BCUT2D eigenvalue weighted by Gasteiger charge is 2.12. The monoisotopic (exact) mass is 234 g/mol. The highest BCUT2D eigenvalue weighted by atomic mass is 16.5. The van der Waals surface area contributed by atoms with E-state index in [1.54, 1.807) is 12.1 Å². The number of aryl methyl sites for hydroxylation is 1. The van der Waals surface area contributed by atoms with Crippen LogP contribution < -0.4 is 4.74 Å². The molecule has 2 rings (SSSR count). The average molecular weight is 234 g/mol. The SMILES string of the molecule is CCc1nc2ccc(OC(C)C(=O)O)cc2[nH]1. The fourth-order valence-corrected chi connectivity index (χ4v) is 1.54. The largest absolute Gasteiger partial charge is 0.479 e. The number of carboxylic acid groups (broad SMARTS) is 1. The van der Waals surface area contributed by atoms with E-state index in [9.17, 15) is 4.79 Å². The van der Waals surface area contributed by atoms with Crippen LogP contribution in [0.3, 0.4) is 0 Å². The molecule has 1 aromatic heterocycles. The Labute approximate surface area is 98.4 Å². The number of aliphatic carboxylic acids is 1. The molecule has 0 saturated heterocycles. The predicted molar refractivity (Wildman–Crippen MR) is 63.2 cm³/mol. The third kappa shape index (κ3) is 2.38. The number of imidazole rings is 1. The van der Waals surface area contributed by atoms with Gasteiger partial charge < -0.3 is 14.8 Å². The maximum absolute atomic E-state index is 10.7. The van der Waals surface area contributed by atoms with Gasteiger partial charge in [-0.1, -0.05) is 6.92 Å². The lowest BCUT2D eigenvalue weighted by atomic mass is 10.3. The van der Waals surface area contributed by atoms with Crippen LogP contribution in [0.1, 0.15) is 19.7 Å². The van der Waals surface area contributed by atoms with E-state index in [0.29, 0.717) is 5.75 Å². The van der Waals surface area contributed by atoms with Crippen LogP contribution in [0.25, 0.3) is 11.0 Å². The Bertz CT molecular complexity index is 548. The number of hydrogen-bond acceptors (Lipinski definition) is 3. The summed E-state index contributed by atoms with van der Waals surface area (Å²) in [6.45, 7) is 3.51. The number of carboxylic acids is 1. The number of benzene rings is 1. The van der Waals surface area contributed by atoms with Crippen molar-refractivity contribution < 1.29 is 14.6 Å². The van der Waals surface area contributed by atoms with Gasteiger partial charge in [0.25, 0.3) is 0 Å². The molecule has 2 aromatic rings. The lowest BCUT2D eigenvalue weighted by Crippen LogP contribution is -2.22. The fourth-order valence-electron chi connectivity index (χ4n) is 1.54. The van der Waals surface area contributed by atoms with E-state index in [4.69, 9.17) is 9.84 Å². The van der Waals surface area contributed by atoms with Gasteiger partial charge in [0.1, 0.15) is 11.6 Å². The van der Waals surface area contributed by atoms with Crippen LogP contribution in [0.5, 0.6) is 5.75 Å². The fraction of sp³-hybridized carbons (Fsp3) is 0.333. The van der Waals surface area contributed by atoms with E-state index in [0.717, 1.165) is 23.3 Å². The lowest BCUT2D eigenvalue weighted by Gasteiger charge is -2.09. The molecule has 17 heavy (non-hydrogen) atoms. The Morgan fingerprint density at radius 2 is 2.35 bits per heavy atom. The topological polar surface area (TPSA) is 75.2 Å². The maximum atomic E-state index is 10.7. The molecule has 0 spiro atoms. The van der Waals surface area contributed by atoms with E-state index in [2.05, 4.69) is 9.97 Å². The first-order valence-corrected chi connectivity index (χ1v) is 5.48. The van der Waals surface area contributed by atoms with Crippen molar-refractivity contribution in [3.8, 4) is 5.75 Å². The third-order valence-corrected chi connectivity index (χ3v) is 2.50. The van der Waals surface area contributed by atoms with Gasteiger partial charge in [-0.15, -0.1) is 0 Å². The Balaban J connectivity index is 2.27. The van der Waals surface area contributed by atoms with Crippen LogP contribution in [0.2, 0.25) is 0 Å². The molecule has 0 bridgehead atoms. The number of aromatic nitrogens is 2. The third-order valence-electron chi connectivity index (χ3n) is 2.50. The molecule has 0 aliphatic carbocycles. The van der Waals surface area contributed by atoms with Gasteiger partial charge in [-0.3, -0.25) is 0 Å². The highest BCUT2D eigenvalue weighted by Crippen LogP contribution is 2.20. The molecule has 0 saturated carbocycles. The number of hydrogen-bond donors (Lipinski definition) is 2. The number of ether oxygens (including phenoxy) is 1. The molecule has 0 fully saturated rings. The molecule has 0 radical (unpaired) electrons. The molecule has 1 aromatic carbocycles. The van der Waals surface area contributed by atoms with Crippen LogP contribution in [0, 0.1) is 0 Å². The summed E-state index contributed by atoms with van der Waals surface area (Å²) >= 11 is 0. The Morgan fingerprint density at radius 3 is 3.00 bits per heavy atom. The van der Waals surface area contributed by atoms with Crippen LogP contribution >= 0.6 is 0 Å². The standard InChI is InChI=1S/C12H14N2O3/c1-3-11-13-9-5-4-8(6-10(9)14-11)17-7(2)12(15)16/h4-7H,3H2,1-2H3,(H,13,14)(H,15,16). The number of fused-ring (bicyclic) bond motifs is 1. The van der Waals surface area contributed by atoms with Gasteiger partial charge in [0.2, 0.25) is 0 Å². The predicted octanol–water partition coefficient (Wildman–Crippen LogP) is 1.98. The van der Waals surface area contributed by atoms with Gasteiger partial charge in [-0.2, -0.15) is 0 Å². The zero-order valence-corrected chi connectivity index (χ0v) is 9.73. The summed E-state index contributed by atoms with van der Waals surface area (Å²) in [7, 11) is 0. The van der Waals surface area contributed by atoms with Gasteiger partial charge in [0.05, 0.1) is 11.0 Å². The van der Waals surface area contributed by atoms with Gasteiger partial charge in [-0.25, -0.2) is 9.78 Å². The number of nitrogens with zero attached hydrogens (tertiary/aromatic N) is 1. The van der Waals surface area contributed by atoms with Gasteiger partial charge in [0.15, 0.2) is 6.10 Å². The molecule has 1 heterocycles. The van der Waals surface area contributed by atoms with E-state index >= 15 is 0 Å². The minimum absolute atomic E-state index is 0.527. The normalized spacial score (nSPS) is 12.6. The van der Waals surface area contributed by atoms with Crippen molar-refractivity contribution in [1.29, 1.82) is 0 Å². The summed E-state index contributed by atoms with van der Waals surface area (Å²) in [5, 5.41) is 8.75. The molecule has 0 amide bonds. The molecule has 90 valence electrons. The molecule has 1 atom stereocenters. The van der Waals surface area contributed by atoms with Crippen molar-refractivity contribution in [3.05, 3.63) is 24.0 Å². The maximum Gasteiger partial charge on any atom is 0.344 e. The number of aromatic amines is 1. The van der Waals surface area contributed by atoms with Crippen LogP contribution in [-0.4, -0.2) is 27.1 Å². The number of nitrogens with one attached hydrogen (secondary N) is 1. The van der Waals surface area contributed by atoms with Crippen LogP contribution in [-0.2, 0) is 11.2 Å². The Morgan fingerprint density at radius 1 is 1.59 bits per heavy atom. The molecule has 0 aliphatic heterocycles. The van der Waals surface area contributed by atoms with Crippen molar-refractivity contribution in [3.63, 3.8) is 0 Å². The first kappa shape index (κ1) is 11.4. The molecular weight excluding hydrogens is 220 g/mol. The minimum Gasteiger partial charge on any atom is -0.479 e. The Hall–Kier alpha value is -2.04. The van der Waals surface area contributed by atoms with E-state index in [-0.39, 0.29) is 0 Å². The summed E-state index contributed by atoms with van der Waals surface area (Å²) in [4.78, 5) is 18.2. The van der Waals surface area contributed by atoms with Crippen LogP contribution in [0.4, 0.5) is 0 Å². The quantitative estimate of drug-likeness (QED) is 0.848. The molecule has 5 heteroatoms. The average Bonchev–Trinajstić information content (AvgIpc) is 2.70. The molecule has 0 aliphatic rings. The summed E-state index contributed by atoms with van der Waals surface area (Å²) in [6, 6.07) is 5.30. The van der Waals surface area contributed by atoms with Gasteiger partial charge >= 0.3 is 5.97 Å². The lowest BCUT2D eigenvalue weighted by molar-refractivity contribution is -0.144. The number of carbonyl (C=O) groups is 1. The first-order chi connectivity index (χ1) is 8.10. The van der Waals surface area contributed by atoms with E-state index in [1.165, 1.54) is 6.92 Å². The zero-order chi connectivity index (χ0) is 12.4. The molecule has 1 unspecified atom stereocenters. The smallest absolute Gasteiger partial charge is 0.344 e. The van der Waals surface area contributed by atoms with Crippen molar-refractivity contribution in [2.24, 2.45) is 0 Å².